The molecule has 0 atom stereocenters. The number of hydrogen-bond donors (Lipinski definition) is 1. The number of rotatable bonds is 4. The van der Waals surface area contributed by atoms with E-state index in [4.69, 9.17) is 0 Å². The first-order valence-electron chi connectivity index (χ1n) is 7.50. The van der Waals surface area contributed by atoms with Gasteiger partial charge in [-0.05, 0) is 29.8 Å². The van der Waals surface area contributed by atoms with Gasteiger partial charge in [-0.2, -0.15) is 0 Å². The van der Waals surface area contributed by atoms with E-state index in [1.807, 2.05) is 43.3 Å². The van der Waals surface area contributed by atoms with Gasteiger partial charge in [-0.1, -0.05) is 65.3 Å². The van der Waals surface area contributed by atoms with Gasteiger partial charge in [0.15, 0.2) is 9.84 Å². The summed E-state index contributed by atoms with van der Waals surface area (Å²) in [6.45, 7) is 1.90. The maximum Gasteiger partial charge on any atom is 0.184 e. The van der Waals surface area contributed by atoms with Crippen LogP contribution in [0.4, 0.5) is 0 Å². The molecule has 0 saturated heterocycles. The molecule has 3 aromatic rings. The first-order valence-corrected chi connectivity index (χ1v) is 9.15. The van der Waals surface area contributed by atoms with E-state index in [1.54, 1.807) is 30.3 Å². The van der Waals surface area contributed by atoms with Crippen LogP contribution in [0.5, 0.6) is 0 Å². The van der Waals surface area contributed by atoms with E-state index < -0.39 is 9.84 Å². The van der Waals surface area contributed by atoms with Crippen molar-refractivity contribution in [1.82, 2.24) is 0 Å². The summed E-state index contributed by atoms with van der Waals surface area (Å²) in [4.78, 5) is 0.217. The molecule has 0 aliphatic heterocycles. The zero-order valence-corrected chi connectivity index (χ0v) is 14.0. The van der Waals surface area contributed by atoms with Gasteiger partial charge in [0.25, 0.3) is 0 Å². The van der Waals surface area contributed by atoms with Gasteiger partial charge in [-0.25, -0.2) is 8.42 Å². The van der Waals surface area contributed by atoms with Gasteiger partial charge in [0, 0.05) is 5.56 Å². The van der Waals surface area contributed by atoms with Crippen molar-refractivity contribution in [3.63, 3.8) is 0 Å². The van der Waals surface area contributed by atoms with E-state index in [0.29, 0.717) is 5.56 Å². The standard InChI is InChI=1S/C19H17NO3S/c1-14-9-11-16(12-10-14)24(22,23)13-19(20-21)18-8-4-6-15-5-2-3-7-17(15)18/h2-12,21H,13H2,1H3/b20-19+. The molecule has 0 aliphatic carbocycles. The zero-order chi connectivity index (χ0) is 17.2. The Bertz CT molecular complexity index is 1000. The molecule has 0 aromatic heterocycles. The maximum atomic E-state index is 12.6. The van der Waals surface area contributed by atoms with E-state index in [1.165, 1.54) is 0 Å². The van der Waals surface area contributed by atoms with Crippen LogP contribution in [0.2, 0.25) is 0 Å². The molecular formula is C19H17NO3S. The van der Waals surface area contributed by atoms with Crippen LogP contribution in [0.15, 0.2) is 76.8 Å². The van der Waals surface area contributed by atoms with Crippen LogP contribution in [0, 0.1) is 6.92 Å². The lowest BCUT2D eigenvalue weighted by molar-refractivity contribution is 0.319. The van der Waals surface area contributed by atoms with Gasteiger partial charge in [-0.3, -0.25) is 0 Å². The van der Waals surface area contributed by atoms with Crippen LogP contribution < -0.4 is 0 Å². The molecule has 0 radical (unpaired) electrons. The number of fused-ring (bicyclic) bond motifs is 1. The predicted octanol–water partition coefficient (Wildman–Crippen LogP) is 3.80. The van der Waals surface area contributed by atoms with E-state index in [0.717, 1.165) is 16.3 Å². The van der Waals surface area contributed by atoms with Crippen LogP contribution in [-0.4, -0.2) is 25.1 Å². The lowest BCUT2D eigenvalue weighted by atomic mass is 10.0. The summed E-state index contributed by atoms with van der Waals surface area (Å²) in [5.74, 6) is -0.361. The minimum Gasteiger partial charge on any atom is -0.411 e. The number of aryl methyl sites for hydroxylation is 1. The number of hydrogen-bond acceptors (Lipinski definition) is 4. The van der Waals surface area contributed by atoms with Crippen molar-refractivity contribution in [3.05, 3.63) is 77.9 Å². The molecule has 5 heteroatoms. The molecule has 122 valence electrons. The molecule has 1 N–H and O–H groups in total. The molecule has 0 amide bonds. The molecule has 0 spiro atoms. The van der Waals surface area contributed by atoms with E-state index in [2.05, 4.69) is 5.16 Å². The van der Waals surface area contributed by atoms with Crippen LogP contribution in [0.25, 0.3) is 10.8 Å². The molecule has 0 aliphatic rings. The molecule has 4 nitrogen and oxygen atoms in total. The van der Waals surface area contributed by atoms with Crippen molar-refractivity contribution in [3.8, 4) is 0 Å². The highest BCUT2D eigenvalue weighted by molar-refractivity contribution is 7.92. The Morgan fingerprint density at radius 3 is 2.33 bits per heavy atom. The topological polar surface area (TPSA) is 66.7 Å². The molecule has 24 heavy (non-hydrogen) atoms. The van der Waals surface area contributed by atoms with Crippen molar-refractivity contribution in [1.29, 1.82) is 0 Å². The lowest BCUT2D eigenvalue weighted by Gasteiger charge is -2.10. The van der Waals surface area contributed by atoms with E-state index in [-0.39, 0.29) is 16.4 Å². The largest absolute Gasteiger partial charge is 0.411 e. The van der Waals surface area contributed by atoms with Gasteiger partial charge in [0.2, 0.25) is 0 Å². The van der Waals surface area contributed by atoms with Crippen molar-refractivity contribution < 1.29 is 13.6 Å². The summed E-state index contributed by atoms with van der Waals surface area (Å²) in [5, 5.41) is 14.5. The SMILES string of the molecule is Cc1ccc(S(=O)(=O)C/C(=N\O)c2cccc3ccccc23)cc1. The molecule has 3 rings (SSSR count). The highest BCUT2D eigenvalue weighted by Gasteiger charge is 2.20. The fourth-order valence-electron chi connectivity index (χ4n) is 2.65. The summed E-state index contributed by atoms with van der Waals surface area (Å²) in [5.41, 5.74) is 1.73. The first-order chi connectivity index (χ1) is 11.5. The highest BCUT2D eigenvalue weighted by atomic mass is 32.2. The molecule has 0 bridgehead atoms. The third-order valence-corrected chi connectivity index (χ3v) is 5.57. The van der Waals surface area contributed by atoms with Crippen LogP contribution >= 0.6 is 0 Å². The summed E-state index contributed by atoms with van der Waals surface area (Å²) in [6, 6.07) is 19.8. The van der Waals surface area contributed by atoms with Crippen molar-refractivity contribution in [2.24, 2.45) is 5.16 Å². The van der Waals surface area contributed by atoms with Gasteiger partial charge >= 0.3 is 0 Å². The lowest BCUT2D eigenvalue weighted by Crippen LogP contribution is -2.18. The number of nitrogens with zero attached hydrogens (tertiary/aromatic N) is 1. The average Bonchev–Trinajstić information content (AvgIpc) is 2.60. The second-order valence-electron chi connectivity index (χ2n) is 5.65. The first kappa shape index (κ1) is 16.2. The maximum absolute atomic E-state index is 12.6. The van der Waals surface area contributed by atoms with Crippen molar-refractivity contribution in [2.75, 3.05) is 5.75 Å². The number of sulfone groups is 1. The third kappa shape index (κ3) is 3.16. The summed E-state index contributed by atoms with van der Waals surface area (Å²) in [6.07, 6.45) is 0. The minimum atomic E-state index is -3.60. The minimum absolute atomic E-state index is 0.132. The summed E-state index contributed by atoms with van der Waals surface area (Å²) < 4.78 is 25.3. The Labute approximate surface area is 141 Å². The van der Waals surface area contributed by atoms with E-state index >= 15 is 0 Å². The summed E-state index contributed by atoms with van der Waals surface area (Å²) in [7, 11) is -3.60. The molecule has 0 saturated carbocycles. The average molecular weight is 339 g/mol. The molecule has 3 aromatic carbocycles. The number of benzene rings is 3. The van der Waals surface area contributed by atoms with Gasteiger partial charge in [0.1, 0.15) is 11.5 Å². The fourth-order valence-corrected chi connectivity index (χ4v) is 3.94. The predicted molar refractivity (Wildman–Crippen MR) is 95.5 cm³/mol. The quantitative estimate of drug-likeness (QED) is 0.447. The van der Waals surface area contributed by atoms with Crippen molar-refractivity contribution in [2.45, 2.75) is 11.8 Å². The van der Waals surface area contributed by atoms with Crippen LogP contribution in [0.3, 0.4) is 0 Å². The third-order valence-electron chi connectivity index (χ3n) is 3.93. The van der Waals surface area contributed by atoms with Gasteiger partial charge in [0.05, 0.1) is 4.90 Å². The highest BCUT2D eigenvalue weighted by Crippen LogP contribution is 2.21. The van der Waals surface area contributed by atoms with Crippen molar-refractivity contribution >= 4 is 26.3 Å². The van der Waals surface area contributed by atoms with Crippen LogP contribution in [0.1, 0.15) is 11.1 Å². The normalized spacial score (nSPS) is 12.5. The second-order valence-corrected chi connectivity index (χ2v) is 7.64. The Balaban J connectivity index is 2.02. The smallest absolute Gasteiger partial charge is 0.184 e. The van der Waals surface area contributed by atoms with Crippen LogP contribution in [-0.2, 0) is 9.84 Å². The molecular weight excluding hydrogens is 322 g/mol. The molecule has 0 unspecified atom stereocenters. The fraction of sp³-hybridized carbons (Fsp3) is 0.105. The Morgan fingerprint density at radius 1 is 0.958 bits per heavy atom. The Kier molecular flexibility index (Phi) is 4.36. The monoisotopic (exact) mass is 339 g/mol. The van der Waals surface area contributed by atoms with Gasteiger partial charge in [-0.15, -0.1) is 0 Å². The summed E-state index contributed by atoms with van der Waals surface area (Å²) >= 11 is 0. The van der Waals surface area contributed by atoms with Gasteiger partial charge < -0.3 is 5.21 Å². The Hall–Kier alpha value is -2.66. The molecule has 0 fully saturated rings. The Morgan fingerprint density at radius 2 is 1.62 bits per heavy atom. The number of oxime groups is 1. The second kappa shape index (κ2) is 6.45. The zero-order valence-electron chi connectivity index (χ0n) is 13.2. The molecule has 0 heterocycles. The van der Waals surface area contributed by atoms with E-state index in [9.17, 15) is 13.6 Å².